The molecule has 1 aromatic heterocycles. The van der Waals surface area contributed by atoms with Crippen LogP contribution in [-0.4, -0.2) is 23.7 Å². The highest BCUT2D eigenvalue weighted by Crippen LogP contribution is 2.28. The third-order valence-electron chi connectivity index (χ3n) is 3.88. The number of fused-ring (bicyclic) bond motifs is 1. The van der Waals surface area contributed by atoms with Gasteiger partial charge in [0.25, 0.3) is 0 Å². The van der Waals surface area contributed by atoms with Crippen molar-refractivity contribution in [2.24, 2.45) is 0 Å². The third kappa shape index (κ3) is 3.61. The van der Waals surface area contributed by atoms with Crippen molar-refractivity contribution in [3.8, 4) is 5.75 Å². The number of rotatable bonds is 5. The summed E-state index contributed by atoms with van der Waals surface area (Å²) in [4.78, 5) is 4.53. The summed E-state index contributed by atoms with van der Waals surface area (Å²) in [6, 6.07) is 14.9. The molecule has 0 fully saturated rings. The molecule has 0 saturated heterocycles. The Balaban J connectivity index is 1.84. The van der Waals surface area contributed by atoms with E-state index in [1.165, 1.54) is 0 Å². The molecule has 5 heteroatoms. The van der Waals surface area contributed by atoms with Crippen molar-refractivity contribution in [3.05, 3.63) is 64.8 Å². The Labute approximate surface area is 146 Å². The number of nitrogens with zero attached hydrogens (tertiary/aromatic N) is 1. The van der Waals surface area contributed by atoms with Gasteiger partial charge in [0.1, 0.15) is 5.75 Å². The number of hydrogen-bond donors (Lipinski definition) is 2. The van der Waals surface area contributed by atoms with Crippen LogP contribution in [-0.2, 0) is 0 Å². The maximum atomic E-state index is 10.4. The van der Waals surface area contributed by atoms with Crippen LogP contribution in [0.3, 0.4) is 0 Å². The Morgan fingerprint density at radius 1 is 1.17 bits per heavy atom. The number of aliphatic hydroxyl groups excluding tert-OH is 1. The topological polar surface area (TPSA) is 54.4 Å². The first kappa shape index (κ1) is 16.6. The first-order chi connectivity index (χ1) is 11.6. The van der Waals surface area contributed by atoms with Crippen molar-refractivity contribution in [3.63, 3.8) is 0 Å². The second-order valence-corrected chi connectivity index (χ2v) is 6.08. The molecule has 0 aliphatic rings. The number of aliphatic hydroxyl groups is 1. The molecule has 1 unspecified atom stereocenters. The van der Waals surface area contributed by atoms with E-state index in [1.54, 1.807) is 19.2 Å². The van der Waals surface area contributed by atoms with Crippen molar-refractivity contribution < 1.29 is 9.84 Å². The van der Waals surface area contributed by atoms with Crippen LogP contribution in [0.15, 0.2) is 48.5 Å². The Bertz CT molecular complexity index is 850. The second-order valence-electron chi connectivity index (χ2n) is 5.64. The number of aryl methyl sites for hydroxylation is 1. The molecule has 0 radical (unpaired) electrons. The molecule has 0 saturated carbocycles. The molecular weight excluding hydrogens is 324 g/mol. The van der Waals surface area contributed by atoms with E-state index in [2.05, 4.69) is 10.3 Å². The smallest absolute Gasteiger partial charge is 0.119 e. The van der Waals surface area contributed by atoms with E-state index in [1.807, 2.05) is 43.3 Å². The number of halogens is 1. The fraction of sp³-hybridized carbons (Fsp3) is 0.211. The lowest BCUT2D eigenvalue weighted by atomic mass is 10.1. The first-order valence-corrected chi connectivity index (χ1v) is 8.07. The number of nitrogens with one attached hydrogen (secondary N) is 1. The number of pyridine rings is 1. The van der Waals surface area contributed by atoms with Crippen LogP contribution in [0.4, 0.5) is 5.69 Å². The van der Waals surface area contributed by atoms with Crippen molar-refractivity contribution in [1.29, 1.82) is 0 Å². The second kappa shape index (κ2) is 7.07. The van der Waals surface area contributed by atoms with Gasteiger partial charge < -0.3 is 15.2 Å². The van der Waals surface area contributed by atoms with Gasteiger partial charge in [-0.3, -0.25) is 4.98 Å². The Hall–Kier alpha value is -2.30. The van der Waals surface area contributed by atoms with Crippen molar-refractivity contribution in [2.45, 2.75) is 13.0 Å². The van der Waals surface area contributed by atoms with Gasteiger partial charge in [-0.15, -0.1) is 0 Å². The molecule has 2 aromatic carbocycles. The molecule has 1 heterocycles. The SMILES string of the molecule is COc1ccc2nc(C)cc(NCC(O)c3ccc(Cl)cc3)c2c1. The summed E-state index contributed by atoms with van der Waals surface area (Å²) in [5, 5.41) is 15.3. The van der Waals surface area contributed by atoms with E-state index in [-0.39, 0.29) is 0 Å². The fourth-order valence-corrected chi connectivity index (χ4v) is 2.75. The highest BCUT2D eigenvalue weighted by atomic mass is 35.5. The van der Waals surface area contributed by atoms with Crippen LogP contribution in [0.1, 0.15) is 17.4 Å². The summed E-state index contributed by atoms with van der Waals surface area (Å²) in [7, 11) is 1.64. The normalized spacial score (nSPS) is 12.2. The minimum Gasteiger partial charge on any atom is -0.497 e. The highest BCUT2D eigenvalue weighted by molar-refractivity contribution is 6.30. The molecule has 3 aromatic rings. The van der Waals surface area contributed by atoms with Crippen molar-refractivity contribution >= 4 is 28.2 Å². The van der Waals surface area contributed by atoms with Crippen LogP contribution in [0, 0.1) is 6.92 Å². The van der Waals surface area contributed by atoms with Crippen molar-refractivity contribution in [2.75, 3.05) is 19.0 Å². The molecule has 3 rings (SSSR count). The summed E-state index contributed by atoms with van der Waals surface area (Å²) in [5.74, 6) is 0.773. The van der Waals surface area contributed by atoms with E-state index in [4.69, 9.17) is 16.3 Å². The summed E-state index contributed by atoms with van der Waals surface area (Å²) in [6.45, 7) is 2.34. The Morgan fingerprint density at radius 3 is 2.62 bits per heavy atom. The van der Waals surface area contributed by atoms with Gasteiger partial charge in [-0.25, -0.2) is 0 Å². The van der Waals surface area contributed by atoms with Gasteiger partial charge in [-0.1, -0.05) is 23.7 Å². The molecule has 0 aliphatic carbocycles. The standard InChI is InChI=1S/C19H19ClN2O2/c1-12-9-18(16-10-15(24-2)7-8-17(16)22-12)21-11-19(23)13-3-5-14(20)6-4-13/h3-10,19,23H,11H2,1-2H3,(H,21,22). The number of aromatic nitrogens is 1. The van der Waals surface area contributed by atoms with Gasteiger partial charge in [-0.05, 0) is 48.9 Å². The van der Waals surface area contributed by atoms with E-state index in [0.29, 0.717) is 11.6 Å². The van der Waals surface area contributed by atoms with Gasteiger partial charge in [0.15, 0.2) is 0 Å². The molecule has 0 spiro atoms. The largest absolute Gasteiger partial charge is 0.497 e. The molecule has 1 atom stereocenters. The monoisotopic (exact) mass is 342 g/mol. The van der Waals surface area contributed by atoms with E-state index in [9.17, 15) is 5.11 Å². The minimum atomic E-state index is -0.628. The summed E-state index contributed by atoms with van der Waals surface area (Å²) < 4.78 is 5.30. The summed E-state index contributed by atoms with van der Waals surface area (Å²) in [6.07, 6.45) is -0.628. The Kier molecular flexibility index (Phi) is 4.88. The van der Waals surface area contributed by atoms with Crippen LogP contribution in [0.5, 0.6) is 5.75 Å². The number of benzene rings is 2. The zero-order chi connectivity index (χ0) is 17.1. The fourth-order valence-electron chi connectivity index (χ4n) is 2.62. The number of ether oxygens (including phenoxy) is 1. The van der Waals surface area contributed by atoms with Gasteiger partial charge in [-0.2, -0.15) is 0 Å². The maximum absolute atomic E-state index is 10.4. The van der Waals surface area contributed by atoms with Gasteiger partial charge in [0.2, 0.25) is 0 Å². The average molecular weight is 343 g/mol. The molecule has 4 nitrogen and oxygen atoms in total. The predicted molar refractivity (Wildman–Crippen MR) is 97.9 cm³/mol. The highest BCUT2D eigenvalue weighted by Gasteiger charge is 2.10. The summed E-state index contributed by atoms with van der Waals surface area (Å²) >= 11 is 5.88. The molecule has 0 bridgehead atoms. The molecular formula is C19H19ClN2O2. The van der Waals surface area contributed by atoms with E-state index >= 15 is 0 Å². The van der Waals surface area contributed by atoms with E-state index in [0.717, 1.165) is 33.6 Å². The van der Waals surface area contributed by atoms with Crippen molar-refractivity contribution in [1.82, 2.24) is 4.98 Å². The van der Waals surface area contributed by atoms with Crippen LogP contribution in [0.2, 0.25) is 5.02 Å². The third-order valence-corrected chi connectivity index (χ3v) is 4.14. The maximum Gasteiger partial charge on any atom is 0.119 e. The van der Waals surface area contributed by atoms with Crippen LogP contribution < -0.4 is 10.1 Å². The lowest BCUT2D eigenvalue weighted by Gasteiger charge is -2.15. The van der Waals surface area contributed by atoms with E-state index < -0.39 is 6.10 Å². The summed E-state index contributed by atoms with van der Waals surface area (Å²) in [5.41, 5.74) is 3.54. The van der Waals surface area contributed by atoms with Crippen LogP contribution >= 0.6 is 11.6 Å². The molecule has 2 N–H and O–H groups in total. The number of methoxy groups -OCH3 is 1. The molecule has 124 valence electrons. The molecule has 24 heavy (non-hydrogen) atoms. The first-order valence-electron chi connectivity index (χ1n) is 7.69. The lowest BCUT2D eigenvalue weighted by Crippen LogP contribution is -2.12. The quantitative estimate of drug-likeness (QED) is 0.723. The predicted octanol–water partition coefficient (Wildman–Crippen LogP) is 4.35. The average Bonchev–Trinajstić information content (AvgIpc) is 2.59. The number of hydrogen-bond acceptors (Lipinski definition) is 4. The Morgan fingerprint density at radius 2 is 1.92 bits per heavy atom. The minimum absolute atomic E-state index is 0.386. The zero-order valence-electron chi connectivity index (χ0n) is 13.6. The zero-order valence-corrected chi connectivity index (χ0v) is 14.3. The van der Waals surface area contributed by atoms with Gasteiger partial charge in [0, 0.05) is 28.3 Å². The molecule has 0 aliphatic heterocycles. The van der Waals surface area contributed by atoms with Crippen LogP contribution in [0.25, 0.3) is 10.9 Å². The number of anilines is 1. The van der Waals surface area contributed by atoms with Gasteiger partial charge >= 0.3 is 0 Å². The lowest BCUT2D eigenvalue weighted by molar-refractivity contribution is 0.191. The van der Waals surface area contributed by atoms with Gasteiger partial charge in [0.05, 0.1) is 18.7 Å². The molecule has 0 amide bonds.